The molecule has 80 valence electrons. The average Bonchev–Trinajstić information content (AvgIpc) is 2.23. The van der Waals surface area contributed by atoms with E-state index in [0.717, 1.165) is 0 Å². The van der Waals surface area contributed by atoms with Crippen LogP contribution in [-0.4, -0.2) is 4.57 Å². The summed E-state index contributed by atoms with van der Waals surface area (Å²) in [5.41, 5.74) is 0.451. The second kappa shape index (κ2) is 11.7. The Hall–Kier alpha value is -1.31. The van der Waals surface area contributed by atoms with E-state index in [4.69, 9.17) is 5.41 Å². The van der Waals surface area contributed by atoms with Gasteiger partial charge in [-0.05, 0) is 12.1 Å². The monoisotopic (exact) mass is 194 g/mol. The van der Waals surface area contributed by atoms with Crippen LogP contribution < -0.4 is 5.49 Å². The molecular weight excluding hydrogens is 172 g/mol. The van der Waals surface area contributed by atoms with Crippen molar-refractivity contribution in [3.63, 3.8) is 0 Å². The molecule has 0 bridgehead atoms. The minimum Gasteiger partial charge on any atom is -0.310 e. The van der Waals surface area contributed by atoms with E-state index < -0.39 is 0 Å². The zero-order valence-corrected chi connectivity index (χ0v) is 9.75. The summed E-state index contributed by atoms with van der Waals surface area (Å²) in [5, 5.41) is 7.26. The van der Waals surface area contributed by atoms with Gasteiger partial charge in [0.1, 0.15) is 5.49 Å². The summed E-state index contributed by atoms with van der Waals surface area (Å²) in [6.07, 6.45) is 4.64. The third-order valence-electron chi connectivity index (χ3n) is 1.09. The molecule has 0 aromatic carbocycles. The van der Waals surface area contributed by atoms with Gasteiger partial charge >= 0.3 is 0 Å². The highest BCUT2D eigenvalue weighted by molar-refractivity contribution is 5.16. The van der Waals surface area contributed by atoms with Crippen LogP contribution in [0.1, 0.15) is 34.1 Å². The minimum atomic E-state index is 0.451. The quantitative estimate of drug-likeness (QED) is 0.709. The number of pyridine rings is 1. The molecule has 0 saturated carbocycles. The Bertz CT molecular complexity index is 274. The van der Waals surface area contributed by atoms with Crippen molar-refractivity contribution in [3.05, 3.63) is 36.5 Å². The third-order valence-corrected chi connectivity index (χ3v) is 1.09. The van der Waals surface area contributed by atoms with E-state index in [1.807, 2.05) is 26.0 Å². The van der Waals surface area contributed by atoms with Crippen LogP contribution in [0.3, 0.4) is 0 Å². The van der Waals surface area contributed by atoms with E-state index in [-0.39, 0.29) is 0 Å². The Morgan fingerprint density at radius 3 is 2.14 bits per heavy atom. The number of nitrogens with zero attached hydrogens (tertiary/aromatic N) is 1. The zero-order valence-electron chi connectivity index (χ0n) is 9.75. The first-order valence-corrected chi connectivity index (χ1v) is 5.10. The van der Waals surface area contributed by atoms with Crippen molar-refractivity contribution >= 4 is 6.20 Å². The lowest BCUT2D eigenvalue weighted by molar-refractivity contribution is 0.977. The maximum absolute atomic E-state index is 7.26. The number of hydrogen-bond acceptors (Lipinski definition) is 1. The molecule has 0 unspecified atom stereocenters. The Labute approximate surface area is 87.4 Å². The van der Waals surface area contributed by atoms with Gasteiger partial charge in [-0.15, -0.1) is 0 Å². The highest BCUT2D eigenvalue weighted by atomic mass is 14.9. The van der Waals surface area contributed by atoms with Crippen LogP contribution in [0.2, 0.25) is 0 Å². The lowest BCUT2D eigenvalue weighted by Gasteiger charge is -1.94. The molecule has 0 saturated heterocycles. The fourth-order valence-corrected chi connectivity index (χ4v) is 0.615. The summed E-state index contributed by atoms with van der Waals surface area (Å²) in [6.45, 7) is 11.8. The molecule has 0 aliphatic carbocycles. The van der Waals surface area contributed by atoms with E-state index in [0.29, 0.717) is 5.49 Å². The van der Waals surface area contributed by atoms with Crippen LogP contribution in [0.4, 0.5) is 0 Å². The van der Waals surface area contributed by atoms with Crippen molar-refractivity contribution in [3.8, 4) is 0 Å². The second-order valence-electron chi connectivity index (χ2n) is 2.38. The molecule has 0 spiro atoms. The Morgan fingerprint density at radius 1 is 1.36 bits per heavy atom. The molecule has 1 heterocycles. The standard InChI is InChI=1S/C7H8N2.C3H8.C2H6/c1-2-9-6-4-3-5-7(9)8;1-3-2;1-2/h2-6,8H,1H2;3H2,1-2H3;1-2H3. The number of hydrogen-bond donors (Lipinski definition) is 1. The van der Waals surface area contributed by atoms with Crippen LogP contribution in [-0.2, 0) is 0 Å². The molecule has 0 aliphatic heterocycles. The molecule has 0 atom stereocenters. The highest BCUT2D eigenvalue weighted by Crippen LogP contribution is 1.78. The number of rotatable bonds is 1. The van der Waals surface area contributed by atoms with Crippen molar-refractivity contribution in [1.29, 1.82) is 5.41 Å². The van der Waals surface area contributed by atoms with Gasteiger partial charge in [0.2, 0.25) is 0 Å². The summed E-state index contributed by atoms with van der Waals surface area (Å²) >= 11 is 0. The summed E-state index contributed by atoms with van der Waals surface area (Å²) in [4.78, 5) is 0. The number of nitrogens with one attached hydrogen (secondary N) is 1. The van der Waals surface area contributed by atoms with Gasteiger partial charge in [-0.3, -0.25) is 5.41 Å². The SMILES string of the molecule is C=Cn1ccccc1=N.CC.CCC. The van der Waals surface area contributed by atoms with E-state index in [1.54, 1.807) is 23.0 Å². The van der Waals surface area contributed by atoms with Gasteiger partial charge in [0, 0.05) is 12.4 Å². The second-order valence-corrected chi connectivity index (χ2v) is 2.38. The molecule has 14 heavy (non-hydrogen) atoms. The Morgan fingerprint density at radius 2 is 1.86 bits per heavy atom. The summed E-state index contributed by atoms with van der Waals surface area (Å²) in [6, 6.07) is 5.39. The largest absolute Gasteiger partial charge is 0.310 e. The topological polar surface area (TPSA) is 28.8 Å². The lowest BCUT2D eigenvalue weighted by atomic mass is 10.5. The molecule has 1 rings (SSSR count). The van der Waals surface area contributed by atoms with E-state index in [1.165, 1.54) is 6.42 Å². The van der Waals surface area contributed by atoms with Gasteiger partial charge in [-0.2, -0.15) is 0 Å². The van der Waals surface area contributed by atoms with Crippen molar-refractivity contribution in [2.75, 3.05) is 0 Å². The molecule has 1 N–H and O–H groups in total. The normalized spacial score (nSPS) is 7.43. The minimum absolute atomic E-state index is 0.451. The van der Waals surface area contributed by atoms with Gasteiger partial charge in [-0.25, -0.2) is 0 Å². The van der Waals surface area contributed by atoms with E-state index in [2.05, 4.69) is 20.4 Å². The van der Waals surface area contributed by atoms with Crippen LogP contribution in [0.25, 0.3) is 6.20 Å². The fourth-order valence-electron chi connectivity index (χ4n) is 0.615. The van der Waals surface area contributed by atoms with Crippen LogP contribution in [0.15, 0.2) is 31.0 Å². The lowest BCUT2D eigenvalue weighted by Crippen LogP contribution is -2.11. The number of aromatic nitrogens is 1. The molecule has 1 aromatic rings. The van der Waals surface area contributed by atoms with E-state index >= 15 is 0 Å². The van der Waals surface area contributed by atoms with Crippen molar-refractivity contribution < 1.29 is 0 Å². The van der Waals surface area contributed by atoms with Crippen molar-refractivity contribution in [2.24, 2.45) is 0 Å². The van der Waals surface area contributed by atoms with E-state index in [9.17, 15) is 0 Å². The Balaban J connectivity index is 0. The average molecular weight is 194 g/mol. The molecule has 0 aliphatic rings. The van der Waals surface area contributed by atoms with Gasteiger partial charge in [0.15, 0.2) is 0 Å². The third kappa shape index (κ3) is 7.35. The predicted molar refractivity (Wildman–Crippen MR) is 64.0 cm³/mol. The van der Waals surface area contributed by atoms with Gasteiger partial charge in [0.05, 0.1) is 0 Å². The summed E-state index contributed by atoms with van der Waals surface area (Å²) in [7, 11) is 0. The first-order chi connectivity index (χ1) is 6.76. The first kappa shape index (κ1) is 15.2. The molecule has 2 nitrogen and oxygen atoms in total. The maximum atomic E-state index is 7.26. The molecular formula is C12H22N2. The molecule has 0 radical (unpaired) electrons. The van der Waals surface area contributed by atoms with Crippen molar-refractivity contribution in [2.45, 2.75) is 34.1 Å². The smallest absolute Gasteiger partial charge is 0.128 e. The zero-order chi connectivity index (χ0) is 11.4. The van der Waals surface area contributed by atoms with Gasteiger partial charge in [-0.1, -0.05) is 46.8 Å². The van der Waals surface area contributed by atoms with Crippen molar-refractivity contribution in [1.82, 2.24) is 4.57 Å². The van der Waals surface area contributed by atoms with Gasteiger partial charge < -0.3 is 4.57 Å². The van der Waals surface area contributed by atoms with Crippen LogP contribution in [0, 0.1) is 5.41 Å². The summed E-state index contributed by atoms with van der Waals surface area (Å²) in [5.74, 6) is 0. The first-order valence-electron chi connectivity index (χ1n) is 5.10. The maximum Gasteiger partial charge on any atom is 0.128 e. The fraction of sp³-hybridized carbons (Fsp3) is 0.417. The molecule has 2 heteroatoms. The molecule has 1 aromatic heterocycles. The molecule has 0 amide bonds. The predicted octanol–water partition coefficient (Wildman–Crippen LogP) is 3.51. The summed E-state index contributed by atoms with van der Waals surface area (Å²) < 4.78 is 1.64. The van der Waals surface area contributed by atoms with Crippen LogP contribution >= 0.6 is 0 Å². The van der Waals surface area contributed by atoms with Crippen LogP contribution in [0.5, 0.6) is 0 Å². The highest BCUT2D eigenvalue weighted by Gasteiger charge is 1.78. The Kier molecular flexibility index (Phi) is 12.7. The van der Waals surface area contributed by atoms with Gasteiger partial charge in [0.25, 0.3) is 0 Å². The molecule has 0 fully saturated rings.